The first-order valence-electron chi connectivity index (χ1n) is 8.12. The monoisotopic (exact) mass is 372 g/mol. The van der Waals surface area contributed by atoms with Crippen LogP contribution in [0.4, 0.5) is 0 Å². The summed E-state index contributed by atoms with van der Waals surface area (Å²) in [5, 5.41) is 6.17. The number of aryl methyl sites for hydroxylation is 2. The van der Waals surface area contributed by atoms with Gasteiger partial charge in [0.15, 0.2) is 0 Å². The van der Waals surface area contributed by atoms with E-state index in [0.717, 1.165) is 42.2 Å². The molecular formula is C17H26Cl2N4O. The Kier molecular flexibility index (Phi) is 8.53. The summed E-state index contributed by atoms with van der Waals surface area (Å²) >= 11 is 0. The Labute approximate surface area is 155 Å². The van der Waals surface area contributed by atoms with Gasteiger partial charge in [-0.15, -0.1) is 24.8 Å². The van der Waals surface area contributed by atoms with Gasteiger partial charge < -0.3 is 15.2 Å². The van der Waals surface area contributed by atoms with Crippen molar-refractivity contribution in [2.24, 2.45) is 13.0 Å². The molecule has 5 nitrogen and oxygen atoms in total. The fourth-order valence-electron chi connectivity index (χ4n) is 2.67. The number of benzene rings is 1. The van der Waals surface area contributed by atoms with Crippen molar-refractivity contribution >= 4 is 41.8 Å². The summed E-state index contributed by atoms with van der Waals surface area (Å²) in [6, 6.07) is 8.15. The quantitative estimate of drug-likeness (QED) is 0.699. The van der Waals surface area contributed by atoms with Crippen molar-refractivity contribution in [3.05, 3.63) is 30.1 Å². The van der Waals surface area contributed by atoms with Crippen molar-refractivity contribution in [3.8, 4) is 0 Å². The van der Waals surface area contributed by atoms with Crippen molar-refractivity contribution < 1.29 is 4.79 Å². The molecule has 1 aliphatic carbocycles. The number of hydrogen-bond acceptors (Lipinski definition) is 3. The van der Waals surface area contributed by atoms with Crippen molar-refractivity contribution in [2.45, 2.75) is 25.7 Å². The van der Waals surface area contributed by atoms with E-state index in [-0.39, 0.29) is 30.7 Å². The molecule has 0 bridgehead atoms. The molecule has 1 aromatic carbocycles. The van der Waals surface area contributed by atoms with Gasteiger partial charge in [-0.25, -0.2) is 4.98 Å². The van der Waals surface area contributed by atoms with Gasteiger partial charge in [0, 0.05) is 20.0 Å². The fourth-order valence-corrected chi connectivity index (χ4v) is 2.67. The van der Waals surface area contributed by atoms with Gasteiger partial charge in [0.2, 0.25) is 5.91 Å². The fraction of sp³-hybridized carbons (Fsp3) is 0.529. The van der Waals surface area contributed by atoms with Gasteiger partial charge in [-0.2, -0.15) is 0 Å². The molecule has 0 unspecified atom stereocenters. The van der Waals surface area contributed by atoms with Gasteiger partial charge in [0.25, 0.3) is 0 Å². The second kappa shape index (κ2) is 9.87. The number of aromatic nitrogens is 2. The molecule has 1 saturated carbocycles. The van der Waals surface area contributed by atoms with Gasteiger partial charge in [-0.05, 0) is 43.9 Å². The Balaban J connectivity index is 0.00000144. The van der Waals surface area contributed by atoms with Crippen LogP contribution in [0.3, 0.4) is 0 Å². The normalized spacial score (nSPS) is 13.2. The second-order valence-electron chi connectivity index (χ2n) is 6.10. The Morgan fingerprint density at radius 3 is 2.75 bits per heavy atom. The minimum atomic E-state index is 0. The lowest BCUT2D eigenvalue weighted by Gasteiger charge is -2.06. The Morgan fingerprint density at radius 2 is 2.04 bits per heavy atom. The first-order chi connectivity index (χ1) is 10.7. The molecular weight excluding hydrogens is 347 g/mol. The first-order valence-corrected chi connectivity index (χ1v) is 8.12. The topological polar surface area (TPSA) is 59.0 Å². The smallest absolute Gasteiger partial charge is 0.233 e. The third-order valence-corrected chi connectivity index (χ3v) is 4.19. The molecule has 24 heavy (non-hydrogen) atoms. The zero-order chi connectivity index (χ0) is 15.4. The van der Waals surface area contributed by atoms with Crippen LogP contribution in [0.2, 0.25) is 0 Å². The number of nitrogens with one attached hydrogen (secondary N) is 2. The number of para-hydroxylation sites is 2. The van der Waals surface area contributed by atoms with Crippen molar-refractivity contribution in [2.75, 3.05) is 19.6 Å². The van der Waals surface area contributed by atoms with E-state index < -0.39 is 0 Å². The zero-order valence-corrected chi connectivity index (χ0v) is 15.6. The van der Waals surface area contributed by atoms with Crippen LogP contribution in [-0.2, 0) is 18.3 Å². The number of rotatable bonds is 8. The summed E-state index contributed by atoms with van der Waals surface area (Å²) in [7, 11) is 2.05. The maximum absolute atomic E-state index is 11.7. The van der Waals surface area contributed by atoms with Crippen molar-refractivity contribution in [1.82, 2.24) is 20.2 Å². The molecule has 3 rings (SSSR count). The van der Waals surface area contributed by atoms with E-state index in [9.17, 15) is 4.79 Å². The Hall–Kier alpha value is -1.30. The summed E-state index contributed by atoms with van der Waals surface area (Å²) in [4.78, 5) is 16.3. The highest BCUT2D eigenvalue weighted by molar-refractivity contribution is 5.85. The number of hydrogen-bond donors (Lipinski definition) is 2. The van der Waals surface area contributed by atoms with E-state index in [1.54, 1.807) is 0 Å². The molecule has 2 aromatic rings. The summed E-state index contributed by atoms with van der Waals surface area (Å²) in [5.74, 6) is 1.97. The molecule has 1 heterocycles. The van der Waals surface area contributed by atoms with Gasteiger partial charge in [-0.3, -0.25) is 4.79 Å². The lowest BCUT2D eigenvalue weighted by molar-refractivity contribution is -0.120. The van der Waals surface area contributed by atoms with Crippen molar-refractivity contribution in [3.63, 3.8) is 0 Å². The standard InChI is InChI=1S/C17H24N4O.2ClH/c1-21-15-6-3-2-5-14(15)20-16(21)7-4-10-19-17(22)12-18-11-13-8-9-13;;/h2-3,5-6,13,18H,4,7-12H2,1H3,(H,19,22);2*1H. The predicted molar refractivity (Wildman–Crippen MR) is 102 cm³/mol. The molecule has 7 heteroatoms. The number of carbonyl (C=O) groups is 1. The largest absolute Gasteiger partial charge is 0.355 e. The zero-order valence-electron chi connectivity index (χ0n) is 14.0. The van der Waals surface area contributed by atoms with E-state index >= 15 is 0 Å². The second-order valence-corrected chi connectivity index (χ2v) is 6.10. The van der Waals surface area contributed by atoms with Gasteiger partial charge >= 0.3 is 0 Å². The molecule has 0 aliphatic heterocycles. The average Bonchev–Trinajstić information content (AvgIpc) is 3.29. The Morgan fingerprint density at radius 1 is 1.29 bits per heavy atom. The van der Waals surface area contributed by atoms with Crippen LogP contribution >= 0.6 is 24.8 Å². The number of halogens is 2. The van der Waals surface area contributed by atoms with E-state index in [4.69, 9.17) is 0 Å². The number of amides is 1. The first kappa shape index (κ1) is 20.7. The Bertz CT molecular complexity index is 655. The maximum Gasteiger partial charge on any atom is 0.233 e. The highest BCUT2D eigenvalue weighted by Gasteiger charge is 2.20. The molecule has 0 atom stereocenters. The van der Waals surface area contributed by atoms with E-state index in [2.05, 4.69) is 26.3 Å². The number of nitrogens with zero attached hydrogens (tertiary/aromatic N) is 2. The van der Waals surface area contributed by atoms with Crippen LogP contribution in [0.25, 0.3) is 11.0 Å². The third-order valence-electron chi connectivity index (χ3n) is 4.19. The summed E-state index contributed by atoms with van der Waals surface area (Å²) < 4.78 is 2.13. The minimum absolute atomic E-state index is 0. The molecule has 2 N–H and O–H groups in total. The van der Waals surface area contributed by atoms with Crippen molar-refractivity contribution in [1.29, 1.82) is 0 Å². The average molecular weight is 373 g/mol. The molecule has 1 aromatic heterocycles. The summed E-state index contributed by atoms with van der Waals surface area (Å²) in [5.41, 5.74) is 2.19. The molecule has 1 aliphatic rings. The van der Waals surface area contributed by atoms with Gasteiger partial charge in [-0.1, -0.05) is 12.1 Å². The minimum Gasteiger partial charge on any atom is -0.355 e. The summed E-state index contributed by atoms with van der Waals surface area (Å²) in [6.45, 7) is 2.11. The van der Waals surface area contributed by atoms with E-state index in [1.165, 1.54) is 12.8 Å². The number of carbonyl (C=O) groups excluding carboxylic acids is 1. The highest BCUT2D eigenvalue weighted by Crippen LogP contribution is 2.27. The molecule has 0 radical (unpaired) electrons. The van der Waals surface area contributed by atoms with Crippen LogP contribution in [0, 0.1) is 5.92 Å². The van der Waals surface area contributed by atoms with Crippen LogP contribution in [0.5, 0.6) is 0 Å². The van der Waals surface area contributed by atoms with E-state index in [1.807, 2.05) is 25.2 Å². The van der Waals surface area contributed by atoms with Crippen LogP contribution in [0.1, 0.15) is 25.1 Å². The third kappa shape index (κ3) is 5.65. The van der Waals surface area contributed by atoms with E-state index in [0.29, 0.717) is 13.1 Å². The lowest BCUT2D eigenvalue weighted by atomic mass is 10.3. The highest BCUT2D eigenvalue weighted by atomic mass is 35.5. The summed E-state index contributed by atoms with van der Waals surface area (Å²) in [6.07, 6.45) is 4.41. The SMILES string of the molecule is Cl.Cl.Cn1c(CCCNC(=O)CNCC2CC2)nc2ccccc21. The molecule has 0 spiro atoms. The predicted octanol–water partition coefficient (Wildman–Crippen LogP) is 2.47. The molecule has 0 saturated heterocycles. The number of imidazole rings is 1. The molecule has 134 valence electrons. The molecule has 1 amide bonds. The number of fused-ring (bicyclic) bond motifs is 1. The lowest BCUT2D eigenvalue weighted by Crippen LogP contribution is -2.35. The maximum atomic E-state index is 11.7. The van der Waals surface area contributed by atoms with Gasteiger partial charge in [0.1, 0.15) is 5.82 Å². The van der Waals surface area contributed by atoms with Crippen LogP contribution in [0.15, 0.2) is 24.3 Å². The van der Waals surface area contributed by atoms with Gasteiger partial charge in [0.05, 0.1) is 17.6 Å². The van der Waals surface area contributed by atoms with Crippen LogP contribution < -0.4 is 10.6 Å². The molecule has 1 fully saturated rings. The van der Waals surface area contributed by atoms with Crippen LogP contribution in [-0.4, -0.2) is 35.1 Å².